The topological polar surface area (TPSA) is 53.1 Å². The maximum Gasteiger partial charge on any atom is 0.225 e. The predicted octanol–water partition coefficient (Wildman–Crippen LogP) is 5.40. The van der Waals surface area contributed by atoms with Crippen molar-refractivity contribution in [3.63, 3.8) is 0 Å². The molecule has 0 unspecified atom stereocenters. The Kier molecular flexibility index (Phi) is 7.85. The van der Waals surface area contributed by atoms with Crippen molar-refractivity contribution in [2.24, 2.45) is 5.92 Å². The van der Waals surface area contributed by atoms with Gasteiger partial charge in [0.2, 0.25) is 5.95 Å². The number of aromatic nitrogens is 2. The highest BCUT2D eigenvalue weighted by Gasteiger charge is 2.22. The first-order valence-electron chi connectivity index (χ1n) is 11.1. The van der Waals surface area contributed by atoms with E-state index in [1.54, 1.807) is 0 Å². The van der Waals surface area contributed by atoms with Crippen molar-refractivity contribution in [1.82, 2.24) is 15.3 Å². The number of fused-ring (bicyclic) bond motifs is 1. The van der Waals surface area contributed by atoms with Crippen LogP contribution in [0.1, 0.15) is 44.2 Å². The van der Waals surface area contributed by atoms with Crippen molar-refractivity contribution in [2.45, 2.75) is 52.6 Å². The van der Waals surface area contributed by atoms with Crippen LogP contribution in [0.4, 0.5) is 11.8 Å². The van der Waals surface area contributed by atoms with Crippen LogP contribution in [0.15, 0.2) is 48.5 Å². The van der Waals surface area contributed by atoms with E-state index in [4.69, 9.17) is 9.97 Å². The lowest BCUT2D eigenvalue weighted by atomic mass is 9.86. The molecule has 1 aliphatic carbocycles. The normalized spacial score (nSPS) is 18.4. The van der Waals surface area contributed by atoms with Gasteiger partial charge in [0.15, 0.2) is 0 Å². The lowest BCUT2D eigenvalue weighted by Crippen LogP contribution is -2.31. The molecule has 1 aromatic heterocycles. The van der Waals surface area contributed by atoms with Gasteiger partial charge in [0.05, 0.1) is 5.52 Å². The molecular formula is C26H37N5. The maximum atomic E-state index is 4.79. The average molecular weight is 420 g/mol. The number of nitrogens with one attached hydrogen (secondary N) is 2. The zero-order valence-corrected chi connectivity index (χ0v) is 18.4. The summed E-state index contributed by atoms with van der Waals surface area (Å²) in [4.78, 5) is 11.6. The van der Waals surface area contributed by atoms with Gasteiger partial charge in [0.1, 0.15) is 5.82 Å². The van der Waals surface area contributed by atoms with Crippen LogP contribution in [0.25, 0.3) is 10.9 Å². The Labute approximate surface area is 187 Å². The van der Waals surface area contributed by atoms with Crippen molar-refractivity contribution in [1.29, 1.82) is 0 Å². The number of para-hydroxylation sites is 1. The number of aryl methyl sites for hydroxylation is 1. The van der Waals surface area contributed by atoms with Gasteiger partial charge in [-0.15, -0.1) is 0 Å². The van der Waals surface area contributed by atoms with Crippen LogP contribution in [-0.2, 0) is 6.54 Å². The molecule has 0 bridgehead atoms. The molecule has 2 N–H and O–H groups in total. The molecule has 0 saturated heterocycles. The van der Waals surface area contributed by atoms with Crippen LogP contribution in [0.5, 0.6) is 0 Å². The fourth-order valence-corrected chi connectivity index (χ4v) is 4.29. The summed E-state index contributed by atoms with van der Waals surface area (Å²) in [7, 11) is 4.07. The van der Waals surface area contributed by atoms with Gasteiger partial charge in [-0.05, 0) is 62.8 Å². The monoisotopic (exact) mass is 419 g/mol. The summed E-state index contributed by atoms with van der Waals surface area (Å²) in [5.41, 5.74) is 3.67. The van der Waals surface area contributed by atoms with Crippen LogP contribution >= 0.6 is 0 Å². The minimum Gasteiger partial charge on any atom is -0.362 e. The van der Waals surface area contributed by atoms with E-state index >= 15 is 0 Å². The van der Waals surface area contributed by atoms with Crippen LogP contribution in [0.2, 0.25) is 0 Å². The highest BCUT2D eigenvalue weighted by Crippen LogP contribution is 2.28. The molecule has 1 fully saturated rings. The third kappa shape index (κ3) is 5.95. The Balaban J connectivity index is 0.00000272. The van der Waals surface area contributed by atoms with Gasteiger partial charge in [0.25, 0.3) is 0 Å². The molecule has 1 aliphatic rings. The number of hydrogen-bond donors (Lipinski definition) is 2. The summed E-state index contributed by atoms with van der Waals surface area (Å²) >= 11 is 0. The Bertz CT molecular complexity index is 959. The minimum atomic E-state index is 0. The molecule has 0 spiro atoms. The number of benzene rings is 2. The van der Waals surface area contributed by atoms with Gasteiger partial charge in [-0.3, -0.25) is 0 Å². The number of hydrogen-bond acceptors (Lipinski definition) is 5. The van der Waals surface area contributed by atoms with E-state index < -0.39 is 0 Å². The van der Waals surface area contributed by atoms with E-state index in [1.165, 1.54) is 36.8 Å². The quantitative estimate of drug-likeness (QED) is 0.537. The van der Waals surface area contributed by atoms with Crippen LogP contribution in [-0.4, -0.2) is 36.6 Å². The van der Waals surface area contributed by atoms with Gasteiger partial charge in [0, 0.05) is 32.1 Å². The molecule has 5 nitrogen and oxygen atoms in total. The van der Waals surface area contributed by atoms with Crippen molar-refractivity contribution < 1.29 is 0 Å². The van der Waals surface area contributed by atoms with Gasteiger partial charge in [-0.2, -0.15) is 4.98 Å². The summed E-state index contributed by atoms with van der Waals surface area (Å²) in [5.74, 6) is 2.47. The van der Waals surface area contributed by atoms with E-state index in [0.717, 1.165) is 41.7 Å². The van der Waals surface area contributed by atoms with Gasteiger partial charge < -0.3 is 15.5 Å². The third-order valence-corrected chi connectivity index (χ3v) is 6.07. The molecule has 0 atom stereocenters. The first kappa shape index (κ1) is 23.0. The standard InChI is InChI=1S/C25H33N5.CH4/c1-18-8-10-19(11-9-18)16-26-17-20-12-14-21(15-13-20)27-25-28-23-7-5-4-6-22(23)24(29-25)30(2)3;/h4-11,20-21,26H,12-17H2,1-3H3,(H,27,28,29);1H4. The smallest absolute Gasteiger partial charge is 0.225 e. The second-order valence-corrected chi connectivity index (χ2v) is 8.76. The largest absolute Gasteiger partial charge is 0.362 e. The first-order valence-corrected chi connectivity index (χ1v) is 11.1. The van der Waals surface area contributed by atoms with E-state index in [0.29, 0.717) is 6.04 Å². The van der Waals surface area contributed by atoms with Crippen molar-refractivity contribution in [3.05, 3.63) is 59.7 Å². The maximum absolute atomic E-state index is 4.79. The zero-order valence-electron chi connectivity index (χ0n) is 18.4. The SMILES string of the molecule is C.Cc1ccc(CNCC2CCC(Nc3nc(N(C)C)c4ccccc4n3)CC2)cc1. The zero-order chi connectivity index (χ0) is 20.9. The van der Waals surface area contributed by atoms with Crippen molar-refractivity contribution >= 4 is 22.7 Å². The molecule has 0 amide bonds. The van der Waals surface area contributed by atoms with Crippen LogP contribution < -0.4 is 15.5 Å². The summed E-state index contributed by atoms with van der Waals surface area (Å²) in [6.07, 6.45) is 4.83. The lowest BCUT2D eigenvalue weighted by molar-refractivity contribution is 0.324. The van der Waals surface area contributed by atoms with Gasteiger partial charge in [-0.25, -0.2) is 4.98 Å². The Hall–Kier alpha value is -2.66. The summed E-state index contributed by atoms with van der Waals surface area (Å²) < 4.78 is 0. The lowest BCUT2D eigenvalue weighted by Gasteiger charge is -2.29. The first-order chi connectivity index (χ1) is 14.6. The third-order valence-electron chi connectivity index (χ3n) is 6.07. The number of rotatable bonds is 7. The number of anilines is 2. The molecule has 1 saturated carbocycles. The molecule has 5 heteroatoms. The van der Waals surface area contributed by atoms with Crippen LogP contribution in [0.3, 0.4) is 0 Å². The van der Waals surface area contributed by atoms with E-state index in [2.05, 4.69) is 58.9 Å². The number of nitrogens with zero attached hydrogens (tertiary/aromatic N) is 3. The average Bonchev–Trinajstić information content (AvgIpc) is 2.76. The minimum absolute atomic E-state index is 0. The Morgan fingerprint density at radius 2 is 1.65 bits per heavy atom. The highest BCUT2D eigenvalue weighted by atomic mass is 15.2. The molecule has 31 heavy (non-hydrogen) atoms. The molecular weight excluding hydrogens is 382 g/mol. The second kappa shape index (κ2) is 10.6. The molecule has 0 radical (unpaired) electrons. The Morgan fingerprint density at radius 3 is 2.35 bits per heavy atom. The highest BCUT2D eigenvalue weighted by molar-refractivity contribution is 5.90. The molecule has 0 aliphatic heterocycles. The summed E-state index contributed by atoms with van der Waals surface area (Å²) in [6, 6.07) is 17.5. The van der Waals surface area contributed by atoms with Crippen LogP contribution in [0, 0.1) is 12.8 Å². The van der Waals surface area contributed by atoms with Gasteiger partial charge in [-0.1, -0.05) is 49.4 Å². The summed E-state index contributed by atoms with van der Waals surface area (Å²) in [5, 5.41) is 8.35. The Morgan fingerprint density at radius 1 is 0.935 bits per heavy atom. The molecule has 166 valence electrons. The summed E-state index contributed by atoms with van der Waals surface area (Å²) in [6.45, 7) is 4.18. The van der Waals surface area contributed by atoms with Gasteiger partial charge >= 0.3 is 0 Å². The molecule has 1 heterocycles. The van der Waals surface area contributed by atoms with E-state index in [9.17, 15) is 0 Å². The molecule has 3 aromatic rings. The molecule has 4 rings (SSSR count). The van der Waals surface area contributed by atoms with Crippen molar-refractivity contribution in [2.75, 3.05) is 30.9 Å². The fourth-order valence-electron chi connectivity index (χ4n) is 4.29. The van der Waals surface area contributed by atoms with E-state index in [-0.39, 0.29) is 7.43 Å². The van der Waals surface area contributed by atoms with Crippen molar-refractivity contribution in [3.8, 4) is 0 Å². The fraction of sp³-hybridized carbons (Fsp3) is 0.462. The van der Waals surface area contributed by atoms with E-state index in [1.807, 2.05) is 26.2 Å². The molecule has 2 aromatic carbocycles. The second-order valence-electron chi connectivity index (χ2n) is 8.76. The predicted molar refractivity (Wildman–Crippen MR) is 133 cm³/mol.